The minimum absolute atomic E-state index is 0.0380. The van der Waals surface area contributed by atoms with Gasteiger partial charge in [-0.3, -0.25) is 9.59 Å². The molecule has 2 aromatic carbocycles. The molecule has 0 atom stereocenters. The fourth-order valence-corrected chi connectivity index (χ4v) is 6.09. The minimum atomic E-state index is -3.84. The topological polar surface area (TPSA) is 103 Å². The van der Waals surface area contributed by atoms with Crippen LogP contribution in [-0.4, -0.2) is 67.1 Å². The van der Waals surface area contributed by atoms with Crippen LogP contribution in [0, 0.1) is 0 Å². The summed E-state index contributed by atoms with van der Waals surface area (Å²) < 4.78 is 27.1. The van der Waals surface area contributed by atoms with Crippen molar-refractivity contribution < 1.29 is 18.0 Å². The number of aromatic nitrogens is 1. The van der Waals surface area contributed by atoms with E-state index in [1.807, 2.05) is 12.1 Å². The number of H-pyrrole nitrogens is 1. The first-order valence-electron chi connectivity index (χ1n) is 11.2. The van der Waals surface area contributed by atoms with E-state index < -0.39 is 10.0 Å². The Morgan fingerprint density at radius 2 is 1.76 bits per heavy atom. The molecule has 33 heavy (non-hydrogen) atoms. The Labute approximate surface area is 192 Å². The first-order valence-corrected chi connectivity index (χ1v) is 12.6. The van der Waals surface area contributed by atoms with Crippen molar-refractivity contribution in [1.82, 2.24) is 19.5 Å². The molecular formula is C24H26N4O4S. The SMILES string of the molecule is O=C1CN(S(=O)(=O)c2cccc(C(=O)N3CCC(c4cc5ccccc5[nH]4)CC3)c2)CCN1. The van der Waals surface area contributed by atoms with Gasteiger partial charge in [-0.1, -0.05) is 24.3 Å². The van der Waals surface area contributed by atoms with Gasteiger partial charge in [-0.15, -0.1) is 0 Å². The first kappa shape index (κ1) is 21.7. The number of likely N-dealkylation sites (tertiary alicyclic amines) is 1. The number of piperidine rings is 1. The number of hydrogen-bond acceptors (Lipinski definition) is 4. The molecule has 0 radical (unpaired) electrons. The van der Waals surface area contributed by atoms with E-state index in [0.717, 1.165) is 22.7 Å². The largest absolute Gasteiger partial charge is 0.358 e. The summed E-state index contributed by atoms with van der Waals surface area (Å²) in [7, 11) is -3.84. The third-order valence-electron chi connectivity index (χ3n) is 6.49. The summed E-state index contributed by atoms with van der Waals surface area (Å²) in [5, 5.41) is 3.81. The molecule has 0 aliphatic carbocycles. The molecule has 2 fully saturated rings. The Bertz CT molecular complexity index is 1280. The Kier molecular flexibility index (Phi) is 5.67. The highest BCUT2D eigenvalue weighted by atomic mass is 32.2. The number of fused-ring (bicyclic) bond motifs is 1. The highest BCUT2D eigenvalue weighted by molar-refractivity contribution is 7.89. The van der Waals surface area contributed by atoms with Crippen molar-refractivity contribution >= 4 is 32.7 Å². The molecule has 3 aromatic rings. The van der Waals surface area contributed by atoms with Gasteiger partial charge in [0.25, 0.3) is 5.91 Å². The van der Waals surface area contributed by atoms with Crippen LogP contribution in [0.2, 0.25) is 0 Å². The van der Waals surface area contributed by atoms with Crippen LogP contribution in [0.15, 0.2) is 59.5 Å². The van der Waals surface area contributed by atoms with Crippen molar-refractivity contribution in [2.24, 2.45) is 0 Å². The number of benzene rings is 2. The van der Waals surface area contributed by atoms with Crippen molar-refractivity contribution in [3.8, 4) is 0 Å². The predicted octanol–water partition coefficient (Wildman–Crippen LogP) is 2.31. The van der Waals surface area contributed by atoms with Gasteiger partial charge in [0.05, 0.1) is 11.4 Å². The van der Waals surface area contributed by atoms with Gasteiger partial charge < -0.3 is 15.2 Å². The summed E-state index contributed by atoms with van der Waals surface area (Å²) in [4.78, 5) is 30.1. The van der Waals surface area contributed by atoms with Crippen LogP contribution in [0.3, 0.4) is 0 Å². The molecule has 172 valence electrons. The van der Waals surface area contributed by atoms with Gasteiger partial charge in [0, 0.05) is 48.9 Å². The summed E-state index contributed by atoms with van der Waals surface area (Å²) in [6.07, 6.45) is 1.69. The normalized spacial score (nSPS) is 18.4. The molecule has 2 amide bonds. The monoisotopic (exact) mass is 466 g/mol. The van der Waals surface area contributed by atoms with E-state index in [4.69, 9.17) is 0 Å². The highest BCUT2D eigenvalue weighted by Gasteiger charge is 2.30. The van der Waals surface area contributed by atoms with Gasteiger partial charge in [-0.2, -0.15) is 4.31 Å². The number of hydrogen-bond donors (Lipinski definition) is 2. The van der Waals surface area contributed by atoms with Crippen LogP contribution in [0.5, 0.6) is 0 Å². The van der Waals surface area contributed by atoms with E-state index in [1.54, 1.807) is 17.0 Å². The lowest BCUT2D eigenvalue weighted by atomic mass is 9.93. The third kappa shape index (κ3) is 4.26. The van der Waals surface area contributed by atoms with Gasteiger partial charge in [-0.05, 0) is 48.6 Å². The Hall–Kier alpha value is -3.17. The zero-order valence-corrected chi connectivity index (χ0v) is 19.0. The van der Waals surface area contributed by atoms with Crippen LogP contribution in [0.4, 0.5) is 0 Å². The number of piperazine rings is 1. The van der Waals surface area contributed by atoms with Gasteiger partial charge in [0.1, 0.15) is 0 Å². The maximum absolute atomic E-state index is 13.1. The number of para-hydroxylation sites is 1. The zero-order chi connectivity index (χ0) is 23.0. The molecule has 9 heteroatoms. The molecule has 1 aromatic heterocycles. The Morgan fingerprint density at radius 3 is 2.52 bits per heavy atom. The van der Waals surface area contributed by atoms with Crippen molar-refractivity contribution in [2.45, 2.75) is 23.7 Å². The van der Waals surface area contributed by atoms with Crippen LogP contribution < -0.4 is 5.32 Å². The fraction of sp³-hybridized carbons (Fsp3) is 0.333. The molecular weight excluding hydrogens is 440 g/mol. The second-order valence-corrected chi connectivity index (χ2v) is 10.5. The van der Waals surface area contributed by atoms with Crippen molar-refractivity contribution in [1.29, 1.82) is 0 Å². The number of nitrogens with zero attached hydrogens (tertiary/aromatic N) is 2. The summed E-state index contributed by atoms with van der Waals surface area (Å²) in [6, 6.07) is 16.5. The predicted molar refractivity (Wildman–Crippen MR) is 124 cm³/mol. The van der Waals surface area contributed by atoms with Crippen molar-refractivity contribution in [3.63, 3.8) is 0 Å². The number of rotatable bonds is 4. The van der Waals surface area contributed by atoms with E-state index in [1.165, 1.54) is 23.2 Å². The van der Waals surface area contributed by atoms with E-state index in [-0.39, 0.29) is 36.3 Å². The van der Waals surface area contributed by atoms with Gasteiger partial charge >= 0.3 is 0 Å². The Morgan fingerprint density at radius 1 is 0.970 bits per heavy atom. The molecule has 0 bridgehead atoms. The quantitative estimate of drug-likeness (QED) is 0.616. The molecule has 2 aliphatic rings. The molecule has 5 rings (SSSR count). The molecule has 8 nitrogen and oxygen atoms in total. The average Bonchev–Trinajstić information content (AvgIpc) is 3.28. The summed E-state index contributed by atoms with van der Waals surface area (Å²) in [5.74, 6) is -0.133. The molecule has 0 spiro atoms. The lowest BCUT2D eigenvalue weighted by molar-refractivity contribution is -0.122. The molecule has 0 unspecified atom stereocenters. The van der Waals surface area contributed by atoms with Crippen molar-refractivity contribution in [2.75, 3.05) is 32.7 Å². The zero-order valence-electron chi connectivity index (χ0n) is 18.2. The van der Waals surface area contributed by atoms with Crippen LogP contribution in [-0.2, 0) is 14.8 Å². The van der Waals surface area contributed by atoms with E-state index in [0.29, 0.717) is 24.6 Å². The lowest BCUT2D eigenvalue weighted by Gasteiger charge is -2.32. The van der Waals surface area contributed by atoms with Crippen molar-refractivity contribution in [3.05, 3.63) is 65.9 Å². The van der Waals surface area contributed by atoms with Gasteiger partial charge in [-0.25, -0.2) is 8.42 Å². The van der Waals surface area contributed by atoms with E-state index >= 15 is 0 Å². The number of aromatic amines is 1. The summed E-state index contributed by atoms with van der Waals surface area (Å²) in [5.41, 5.74) is 2.67. The number of nitrogens with one attached hydrogen (secondary N) is 2. The second-order valence-electron chi connectivity index (χ2n) is 8.59. The van der Waals surface area contributed by atoms with Crippen LogP contribution >= 0.6 is 0 Å². The third-order valence-corrected chi connectivity index (χ3v) is 8.34. The molecule has 2 N–H and O–H groups in total. The van der Waals surface area contributed by atoms with Gasteiger partial charge in [0.2, 0.25) is 15.9 Å². The average molecular weight is 467 g/mol. The molecule has 0 saturated carbocycles. The van der Waals surface area contributed by atoms with Crippen LogP contribution in [0.1, 0.15) is 34.8 Å². The maximum Gasteiger partial charge on any atom is 0.253 e. The smallest absolute Gasteiger partial charge is 0.253 e. The number of carbonyl (C=O) groups is 2. The van der Waals surface area contributed by atoms with Gasteiger partial charge in [0.15, 0.2) is 0 Å². The number of carbonyl (C=O) groups excluding carboxylic acids is 2. The maximum atomic E-state index is 13.1. The molecule has 2 aliphatic heterocycles. The Balaban J connectivity index is 1.28. The van der Waals surface area contributed by atoms with E-state index in [9.17, 15) is 18.0 Å². The number of sulfonamides is 1. The highest BCUT2D eigenvalue weighted by Crippen LogP contribution is 2.30. The molecule has 2 saturated heterocycles. The van der Waals surface area contributed by atoms with E-state index in [2.05, 4.69) is 28.5 Å². The fourth-order valence-electron chi connectivity index (χ4n) is 4.65. The first-order chi connectivity index (χ1) is 15.9. The van der Waals surface area contributed by atoms with Crippen LogP contribution in [0.25, 0.3) is 10.9 Å². The molecule has 3 heterocycles. The lowest BCUT2D eigenvalue weighted by Crippen LogP contribution is -2.49. The second kappa shape index (κ2) is 8.64. The summed E-state index contributed by atoms with van der Waals surface area (Å²) in [6.45, 7) is 1.52. The summed E-state index contributed by atoms with van der Waals surface area (Å²) >= 11 is 0. The minimum Gasteiger partial charge on any atom is -0.358 e. The standard InChI is InChI=1S/C24H26N4O4S/c29-23-16-28(13-10-25-23)33(31,32)20-6-3-5-19(14-20)24(30)27-11-8-17(9-12-27)22-15-18-4-1-2-7-21(18)26-22/h1-7,14-15,17,26H,8-13,16H2,(H,25,29). The number of amides is 2.